The zero-order valence-corrected chi connectivity index (χ0v) is 12.3. The lowest BCUT2D eigenvalue weighted by molar-refractivity contribution is -0.135. The molecule has 1 amide bonds. The van der Waals surface area contributed by atoms with Gasteiger partial charge in [-0.15, -0.1) is 0 Å². The highest BCUT2D eigenvalue weighted by atomic mass is 16.2. The first-order valence-corrected chi connectivity index (χ1v) is 6.87. The van der Waals surface area contributed by atoms with Crippen molar-refractivity contribution >= 4 is 5.91 Å². The van der Waals surface area contributed by atoms with Gasteiger partial charge in [0.25, 0.3) is 0 Å². The Morgan fingerprint density at radius 2 is 2.00 bits per heavy atom. The molecule has 1 atom stereocenters. The maximum absolute atomic E-state index is 12.4. The van der Waals surface area contributed by atoms with Crippen molar-refractivity contribution in [1.82, 2.24) is 9.88 Å². The van der Waals surface area contributed by atoms with Gasteiger partial charge >= 0.3 is 0 Å². The maximum atomic E-state index is 12.4. The molecule has 0 aliphatic heterocycles. The summed E-state index contributed by atoms with van der Waals surface area (Å²) in [7, 11) is 0. The van der Waals surface area contributed by atoms with Crippen LogP contribution in [-0.2, 0) is 11.3 Å². The second-order valence-electron chi connectivity index (χ2n) is 5.62. The fourth-order valence-electron chi connectivity index (χ4n) is 2.00. The SMILES string of the molecule is CC(C)C[C@H](N)C(=O)N(Cc1ccccn1)C(C)C. The van der Waals surface area contributed by atoms with Crippen LogP contribution in [0.4, 0.5) is 0 Å². The van der Waals surface area contributed by atoms with Crippen LogP contribution < -0.4 is 5.73 Å². The van der Waals surface area contributed by atoms with E-state index in [2.05, 4.69) is 18.8 Å². The quantitative estimate of drug-likeness (QED) is 0.856. The van der Waals surface area contributed by atoms with Crippen LogP contribution in [-0.4, -0.2) is 27.9 Å². The summed E-state index contributed by atoms with van der Waals surface area (Å²) in [6.45, 7) is 8.67. The molecule has 0 aliphatic carbocycles. The lowest BCUT2D eigenvalue weighted by Crippen LogP contribution is -2.47. The summed E-state index contributed by atoms with van der Waals surface area (Å²) in [6, 6.07) is 5.42. The Kier molecular flexibility index (Phi) is 5.96. The summed E-state index contributed by atoms with van der Waals surface area (Å²) >= 11 is 0. The number of hydrogen-bond donors (Lipinski definition) is 1. The van der Waals surface area contributed by atoms with Gasteiger partial charge in [0.05, 0.1) is 18.3 Å². The topological polar surface area (TPSA) is 59.2 Å². The van der Waals surface area contributed by atoms with Crippen LogP contribution in [0, 0.1) is 5.92 Å². The summed E-state index contributed by atoms with van der Waals surface area (Å²) in [5.74, 6) is 0.428. The van der Waals surface area contributed by atoms with Crippen molar-refractivity contribution in [3.63, 3.8) is 0 Å². The maximum Gasteiger partial charge on any atom is 0.240 e. The van der Waals surface area contributed by atoms with Crippen LogP contribution in [0.3, 0.4) is 0 Å². The van der Waals surface area contributed by atoms with E-state index in [0.717, 1.165) is 5.69 Å². The molecule has 0 saturated heterocycles. The molecule has 4 heteroatoms. The monoisotopic (exact) mass is 263 g/mol. The Balaban J connectivity index is 2.75. The lowest BCUT2D eigenvalue weighted by atomic mass is 10.0. The normalized spacial score (nSPS) is 12.8. The molecule has 0 bridgehead atoms. The number of rotatable bonds is 6. The molecule has 0 aliphatic rings. The number of amides is 1. The van der Waals surface area contributed by atoms with E-state index in [1.807, 2.05) is 32.0 Å². The third kappa shape index (κ3) is 4.99. The van der Waals surface area contributed by atoms with Crippen molar-refractivity contribution in [3.8, 4) is 0 Å². The van der Waals surface area contributed by atoms with Crippen LogP contribution in [0.5, 0.6) is 0 Å². The van der Waals surface area contributed by atoms with E-state index in [4.69, 9.17) is 5.73 Å². The van der Waals surface area contributed by atoms with Crippen molar-refractivity contribution in [2.45, 2.75) is 52.7 Å². The second-order valence-corrected chi connectivity index (χ2v) is 5.62. The highest BCUT2D eigenvalue weighted by Crippen LogP contribution is 2.11. The largest absolute Gasteiger partial charge is 0.333 e. The van der Waals surface area contributed by atoms with Crippen molar-refractivity contribution in [2.75, 3.05) is 0 Å². The molecule has 0 saturated carbocycles. The molecule has 106 valence electrons. The van der Waals surface area contributed by atoms with E-state index in [1.165, 1.54) is 0 Å². The van der Waals surface area contributed by atoms with Gasteiger partial charge in [-0.3, -0.25) is 9.78 Å². The number of carbonyl (C=O) groups is 1. The van der Waals surface area contributed by atoms with E-state index in [1.54, 1.807) is 11.1 Å². The van der Waals surface area contributed by atoms with E-state index < -0.39 is 6.04 Å². The predicted molar refractivity (Wildman–Crippen MR) is 77.4 cm³/mol. The average Bonchev–Trinajstić information content (AvgIpc) is 2.35. The number of carbonyl (C=O) groups excluding carboxylic acids is 1. The van der Waals surface area contributed by atoms with Gasteiger partial charge in [-0.2, -0.15) is 0 Å². The number of nitrogens with zero attached hydrogens (tertiary/aromatic N) is 2. The zero-order valence-electron chi connectivity index (χ0n) is 12.3. The van der Waals surface area contributed by atoms with Gasteiger partial charge in [0.15, 0.2) is 0 Å². The summed E-state index contributed by atoms with van der Waals surface area (Å²) in [5, 5.41) is 0. The first-order valence-electron chi connectivity index (χ1n) is 6.87. The molecular formula is C15H25N3O. The summed E-state index contributed by atoms with van der Waals surface area (Å²) in [4.78, 5) is 18.5. The minimum Gasteiger partial charge on any atom is -0.333 e. The van der Waals surface area contributed by atoms with E-state index in [0.29, 0.717) is 18.9 Å². The van der Waals surface area contributed by atoms with Gasteiger partial charge in [0, 0.05) is 12.2 Å². The molecule has 1 rings (SSSR count). The summed E-state index contributed by atoms with van der Waals surface area (Å²) < 4.78 is 0. The van der Waals surface area contributed by atoms with E-state index >= 15 is 0 Å². The van der Waals surface area contributed by atoms with Crippen LogP contribution in [0.15, 0.2) is 24.4 Å². The van der Waals surface area contributed by atoms with Crippen molar-refractivity contribution in [3.05, 3.63) is 30.1 Å². The number of aromatic nitrogens is 1. The summed E-state index contributed by atoms with van der Waals surface area (Å²) in [6.07, 6.45) is 2.45. The van der Waals surface area contributed by atoms with Crippen molar-refractivity contribution in [2.24, 2.45) is 11.7 Å². The average molecular weight is 263 g/mol. The fourth-order valence-corrected chi connectivity index (χ4v) is 2.00. The third-order valence-corrected chi connectivity index (χ3v) is 3.01. The fraction of sp³-hybridized carbons (Fsp3) is 0.600. The Labute approximate surface area is 116 Å². The standard InChI is InChI=1S/C15H25N3O/c1-11(2)9-14(16)15(19)18(12(3)4)10-13-7-5-6-8-17-13/h5-8,11-12,14H,9-10,16H2,1-4H3/t14-/m0/s1. The molecule has 0 fully saturated rings. The highest BCUT2D eigenvalue weighted by molar-refractivity contribution is 5.81. The molecule has 19 heavy (non-hydrogen) atoms. The molecular weight excluding hydrogens is 238 g/mol. The van der Waals surface area contributed by atoms with E-state index in [-0.39, 0.29) is 11.9 Å². The predicted octanol–water partition coefficient (Wildman–Crippen LogP) is 2.19. The zero-order chi connectivity index (χ0) is 14.4. The third-order valence-electron chi connectivity index (χ3n) is 3.01. The Morgan fingerprint density at radius 1 is 1.32 bits per heavy atom. The molecule has 1 aromatic rings. The Bertz CT molecular complexity index is 390. The van der Waals surface area contributed by atoms with Crippen LogP contribution in [0.2, 0.25) is 0 Å². The first-order chi connectivity index (χ1) is 8.91. The number of nitrogens with two attached hydrogens (primary N) is 1. The molecule has 0 radical (unpaired) electrons. The second kappa shape index (κ2) is 7.24. The number of hydrogen-bond acceptors (Lipinski definition) is 3. The van der Waals surface area contributed by atoms with Gasteiger partial charge in [-0.1, -0.05) is 19.9 Å². The molecule has 0 aromatic carbocycles. The molecule has 0 unspecified atom stereocenters. The number of pyridine rings is 1. The van der Waals surface area contributed by atoms with Gasteiger partial charge in [-0.05, 0) is 38.3 Å². The minimum atomic E-state index is -0.425. The first kappa shape index (κ1) is 15.6. The Morgan fingerprint density at radius 3 is 2.47 bits per heavy atom. The molecule has 0 spiro atoms. The summed E-state index contributed by atoms with van der Waals surface area (Å²) in [5.41, 5.74) is 6.89. The van der Waals surface area contributed by atoms with Gasteiger partial charge < -0.3 is 10.6 Å². The minimum absolute atomic E-state index is 0.00866. The van der Waals surface area contributed by atoms with Crippen LogP contribution in [0.25, 0.3) is 0 Å². The lowest BCUT2D eigenvalue weighted by Gasteiger charge is -2.29. The van der Waals surface area contributed by atoms with Crippen LogP contribution in [0.1, 0.15) is 39.8 Å². The van der Waals surface area contributed by atoms with Gasteiger partial charge in [0.2, 0.25) is 5.91 Å². The smallest absolute Gasteiger partial charge is 0.240 e. The molecule has 1 aromatic heterocycles. The molecule has 1 heterocycles. The van der Waals surface area contributed by atoms with Crippen LogP contribution >= 0.6 is 0 Å². The molecule has 4 nitrogen and oxygen atoms in total. The van der Waals surface area contributed by atoms with E-state index in [9.17, 15) is 4.79 Å². The van der Waals surface area contributed by atoms with Crippen molar-refractivity contribution < 1.29 is 4.79 Å². The van der Waals surface area contributed by atoms with Gasteiger partial charge in [0.1, 0.15) is 0 Å². The highest BCUT2D eigenvalue weighted by Gasteiger charge is 2.24. The van der Waals surface area contributed by atoms with Crippen molar-refractivity contribution in [1.29, 1.82) is 0 Å². The molecule has 2 N–H and O–H groups in total. The Hall–Kier alpha value is -1.42. The van der Waals surface area contributed by atoms with Gasteiger partial charge in [-0.25, -0.2) is 0 Å².